The summed E-state index contributed by atoms with van der Waals surface area (Å²) in [5, 5.41) is 41.3. The van der Waals surface area contributed by atoms with Gasteiger partial charge >= 0.3 is 0 Å². The number of nitrogens with zero attached hydrogens (tertiary/aromatic N) is 3. The highest BCUT2D eigenvalue weighted by Crippen LogP contribution is 2.42. The summed E-state index contributed by atoms with van der Waals surface area (Å²) < 4.78 is 0.417. The quantitative estimate of drug-likeness (QED) is 0.207. The molecule has 3 N–H and O–H groups in total. The summed E-state index contributed by atoms with van der Waals surface area (Å²) in [5.41, 5.74) is 0.444. The van der Waals surface area contributed by atoms with E-state index < -0.39 is 10.8 Å². The van der Waals surface area contributed by atoms with Crippen LogP contribution in [-0.2, 0) is 4.79 Å². The molecule has 0 radical (unpaired) electrons. The van der Waals surface area contributed by atoms with Crippen LogP contribution >= 0.6 is 55.2 Å². The van der Waals surface area contributed by atoms with Gasteiger partial charge < -0.3 is 10.2 Å². The molecule has 0 aromatic heterocycles. The normalized spacial score (nSPS) is 16.6. The predicted molar refractivity (Wildman–Crippen MR) is 122 cm³/mol. The van der Waals surface area contributed by atoms with Gasteiger partial charge in [0.2, 0.25) is 0 Å². The van der Waals surface area contributed by atoms with Gasteiger partial charge in [0.25, 0.3) is 11.6 Å². The molecular weight excluding hydrogens is 568 g/mol. The van der Waals surface area contributed by atoms with Gasteiger partial charge in [-0.05, 0) is 61.8 Å². The molecule has 1 aliphatic heterocycles. The molecule has 1 heterocycles. The number of phenols is 2. The molecule has 0 unspecified atom stereocenters. The van der Waals surface area contributed by atoms with Gasteiger partial charge in [-0.3, -0.25) is 20.2 Å². The summed E-state index contributed by atoms with van der Waals surface area (Å²) in [5.74, 6) is -0.850. The van der Waals surface area contributed by atoms with E-state index in [1.165, 1.54) is 36.6 Å². The first-order valence-electron chi connectivity index (χ1n) is 7.83. The smallest absolute Gasteiger partial charge is 0.288 e. The first-order chi connectivity index (χ1) is 14.2. The Kier molecular flexibility index (Phi) is 6.81. The lowest BCUT2D eigenvalue weighted by molar-refractivity contribution is -0.384. The number of nitrogens with one attached hydrogen (secondary N) is 1. The van der Waals surface area contributed by atoms with Crippen molar-refractivity contribution in [2.24, 2.45) is 10.2 Å². The Morgan fingerprint density at radius 3 is 2.67 bits per heavy atom. The van der Waals surface area contributed by atoms with E-state index >= 15 is 0 Å². The van der Waals surface area contributed by atoms with Crippen molar-refractivity contribution < 1.29 is 19.9 Å². The second-order valence-electron chi connectivity index (χ2n) is 5.64. The van der Waals surface area contributed by atoms with Crippen LogP contribution in [-0.4, -0.2) is 32.4 Å². The molecule has 154 valence electrons. The fourth-order valence-electron chi connectivity index (χ4n) is 2.24. The Balaban J connectivity index is 1.80. The highest BCUT2D eigenvalue weighted by molar-refractivity contribution is 9.11. The number of carbonyl (C=O) groups excluding carboxylic acids is 1. The van der Waals surface area contributed by atoms with Crippen molar-refractivity contribution >= 4 is 84.3 Å². The molecule has 30 heavy (non-hydrogen) atoms. The minimum atomic E-state index is -0.606. The molecule has 2 aromatic carbocycles. The van der Waals surface area contributed by atoms with Crippen LogP contribution in [0.2, 0.25) is 5.02 Å². The maximum Gasteiger partial charge on any atom is 0.288 e. The molecule has 0 bridgehead atoms. The summed E-state index contributed by atoms with van der Waals surface area (Å²) in [6.07, 6.45) is 2.71. The highest BCUT2D eigenvalue weighted by Gasteiger charge is 2.25. The maximum atomic E-state index is 12.2. The van der Waals surface area contributed by atoms with Crippen molar-refractivity contribution in [2.45, 2.75) is 0 Å². The van der Waals surface area contributed by atoms with Crippen LogP contribution in [0.1, 0.15) is 11.1 Å². The first-order valence-corrected chi connectivity index (χ1v) is 10.6. The van der Waals surface area contributed by atoms with Crippen molar-refractivity contribution in [1.29, 1.82) is 0 Å². The largest absolute Gasteiger partial charge is 0.506 e. The van der Waals surface area contributed by atoms with Crippen molar-refractivity contribution in [3.63, 3.8) is 0 Å². The van der Waals surface area contributed by atoms with Crippen LogP contribution in [0.25, 0.3) is 6.08 Å². The predicted octanol–water partition coefficient (Wildman–Crippen LogP) is 4.78. The third kappa shape index (κ3) is 4.83. The van der Waals surface area contributed by atoms with Crippen LogP contribution in [0.3, 0.4) is 0 Å². The number of aromatic hydroxyl groups is 2. The number of amidine groups is 1. The molecule has 1 fully saturated rings. The number of nitro benzene ring substituents is 1. The lowest BCUT2D eigenvalue weighted by atomic mass is 10.1. The Bertz CT molecular complexity index is 1170. The van der Waals surface area contributed by atoms with Gasteiger partial charge in [-0.15, -0.1) is 5.10 Å². The SMILES string of the molecule is O=C1N/C(=N\N=C\c2ccc(Cl)c([N+](=O)[O-])c2)S/C1=C/c1cc(Br)c(O)c(Br)c1O. The number of carbonyl (C=O) groups is 1. The number of amides is 1. The number of thioether (sulfide) groups is 1. The van der Waals surface area contributed by atoms with E-state index in [9.17, 15) is 25.1 Å². The highest BCUT2D eigenvalue weighted by atomic mass is 79.9. The summed E-state index contributed by atoms with van der Waals surface area (Å²) in [7, 11) is 0. The van der Waals surface area contributed by atoms with Crippen LogP contribution in [0.4, 0.5) is 5.69 Å². The lowest BCUT2D eigenvalue weighted by Gasteiger charge is -2.06. The Labute approximate surface area is 194 Å². The first kappa shape index (κ1) is 22.3. The Hall–Kier alpha value is -2.41. The van der Waals surface area contributed by atoms with E-state index in [0.29, 0.717) is 15.6 Å². The molecule has 13 heteroatoms. The number of hydrogen-bond acceptors (Lipinski definition) is 8. The van der Waals surface area contributed by atoms with E-state index in [1.807, 2.05) is 0 Å². The van der Waals surface area contributed by atoms with Crippen molar-refractivity contribution in [2.75, 3.05) is 0 Å². The number of benzene rings is 2. The number of nitro groups is 1. The van der Waals surface area contributed by atoms with Gasteiger partial charge in [0.15, 0.2) is 5.17 Å². The fraction of sp³-hybridized carbons (Fsp3) is 0. The molecule has 1 amide bonds. The van der Waals surface area contributed by atoms with Gasteiger partial charge in [0.05, 0.1) is 20.5 Å². The van der Waals surface area contributed by atoms with E-state index in [1.54, 1.807) is 0 Å². The van der Waals surface area contributed by atoms with Crippen molar-refractivity contribution in [3.05, 3.63) is 64.4 Å². The molecule has 0 spiro atoms. The van der Waals surface area contributed by atoms with Crippen molar-refractivity contribution in [1.82, 2.24) is 5.32 Å². The zero-order valence-corrected chi connectivity index (χ0v) is 19.2. The van der Waals surface area contributed by atoms with Crippen LogP contribution in [0.5, 0.6) is 11.5 Å². The molecule has 1 saturated heterocycles. The van der Waals surface area contributed by atoms with Crippen LogP contribution in [0, 0.1) is 10.1 Å². The zero-order valence-electron chi connectivity index (χ0n) is 14.5. The number of rotatable bonds is 4. The molecule has 3 rings (SSSR count). The van der Waals surface area contributed by atoms with Gasteiger partial charge in [-0.2, -0.15) is 5.10 Å². The van der Waals surface area contributed by atoms with Crippen molar-refractivity contribution in [3.8, 4) is 11.5 Å². The van der Waals surface area contributed by atoms with Gasteiger partial charge in [-0.1, -0.05) is 17.7 Å². The second-order valence-corrected chi connectivity index (χ2v) is 8.73. The van der Waals surface area contributed by atoms with Gasteiger partial charge in [-0.25, -0.2) is 0 Å². The minimum Gasteiger partial charge on any atom is -0.506 e. The zero-order chi connectivity index (χ0) is 22.0. The second kappa shape index (κ2) is 9.16. The van der Waals surface area contributed by atoms with E-state index in [-0.39, 0.29) is 36.8 Å². The van der Waals surface area contributed by atoms with Gasteiger partial charge in [0, 0.05) is 17.2 Å². The molecule has 0 atom stereocenters. The molecule has 0 saturated carbocycles. The monoisotopic (exact) mass is 574 g/mol. The topological polar surface area (TPSA) is 137 Å². The number of hydrogen-bond donors (Lipinski definition) is 3. The summed E-state index contributed by atoms with van der Waals surface area (Å²) in [4.78, 5) is 22.7. The third-order valence-electron chi connectivity index (χ3n) is 3.66. The maximum absolute atomic E-state index is 12.2. The fourth-order valence-corrected chi connectivity index (χ4v) is 4.35. The van der Waals surface area contributed by atoms with E-state index in [4.69, 9.17) is 11.6 Å². The summed E-state index contributed by atoms with van der Waals surface area (Å²) in [6, 6.07) is 5.62. The van der Waals surface area contributed by atoms with E-state index in [2.05, 4.69) is 47.4 Å². The minimum absolute atomic E-state index is 0.00705. The average Bonchev–Trinajstić information content (AvgIpc) is 3.04. The standard InChI is InChI=1S/C17H9Br2ClN4O5S/c18-9-4-8(14(25)13(19)15(9)26)5-12-16(27)22-17(30-12)23-21-6-7-1-2-10(20)11(3-7)24(28)29/h1-6,25-26H,(H,22,23,27)/b12-5+,21-6+. The van der Waals surface area contributed by atoms with Crippen LogP contribution in [0.15, 0.2) is 48.3 Å². The third-order valence-corrected chi connectivity index (χ3v) is 6.23. The molecule has 9 nitrogen and oxygen atoms in total. The summed E-state index contributed by atoms with van der Waals surface area (Å²) >= 11 is 13.0. The van der Waals surface area contributed by atoms with E-state index in [0.717, 1.165) is 11.8 Å². The molecule has 2 aromatic rings. The van der Waals surface area contributed by atoms with Crippen LogP contribution < -0.4 is 5.32 Å². The number of halogens is 3. The van der Waals surface area contributed by atoms with Gasteiger partial charge in [0.1, 0.15) is 21.0 Å². The lowest BCUT2D eigenvalue weighted by Crippen LogP contribution is -2.19. The molecular formula is C17H9Br2ClN4O5S. The summed E-state index contributed by atoms with van der Waals surface area (Å²) in [6.45, 7) is 0. The average molecular weight is 577 g/mol. The number of phenolic OH excluding ortho intramolecular Hbond substituents is 2. The Morgan fingerprint density at radius 2 is 1.97 bits per heavy atom. The Morgan fingerprint density at radius 1 is 1.23 bits per heavy atom. The molecule has 1 aliphatic rings. The molecule has 0 aliphatic carbocycles.